The highest BCUT2D eigenvalue weighted by Crippen LogP contribution is 2.16. The van der Waals surface area contributed by atoms with Gasteiger partial charge < -0.3 is 15.2 Å². The number of hydrogen-bond acceptors (Lipinski definition) is 6. The maximum atomic E-state index is 12.9. The van der Waals surface area contributed by atoms with Crippen molar-refractivity contribution in [2.24, 2.45) is 0 Å². The first-order valence-corrected chi connectivity index (χ1v) is 11.5. The lowest BCUT2D eigenvalue weighted by Crippen LogP contribution is -2.47. The number of aliphatic carboxylic acids is 1. The summed E-state index contributed by atoms with van der Waals surface area (Å²) in [6, 6.07) is 13.6. The number of carbonyl (C=O) groups excluding carboxylic acids is 1. The number of ether oxygens (including phenoxy) is 1. The molecule has 9 nitrogen and oxygen atoms in total. The van der Waals surface area contributed by atoms with E-state index in [2.05, 4.69) is 15.0 Å². The summed E-state index contributed by atoms with van der Waals surface area (Å²) in [6.07, 6.45) is 2.83. The normalized spacial score (nSPS) is 11.7. The van der Waals surface area contributed by atoms with Crippen molar-refractivity contribution in [1.29, 1.82) is 0 Å². The van der Waals surface area contributed by atoms with Crippen LogP contribution in [0.2, 0.25) is 5.02 Å². The maximum Gasteiger partial charge on any atom is 0.307 e. The number of benzene rings is 2. The molecule has 34 heavy (non-hydrogen) atoms. The van der Waals surface area contributed by atoms with Crippen molar-refractivity contribution >= 4 is 51.6 Å². The van der Waals surface area contributed by atoms with Crippen LogP contribution in [0.15, 0.2) is 78.0 Å². The van der Waals surface area contributed by atoms with E-state index in [4.69, 9.17) is 21.4 Å². The van der Waals surface area contributed by atoms with Gasteiger partial charge in [0.2, 0.25) is 15.9 Å². The summed E-state index contributed by atoms with van der Waals surface area (Å²) < 4.78 is 33.5. The molecule has 1 unspecified atom stereocenters. The summed E-state index contributed by atoms with van der Waals surface area (Å²) in [4.78, 5) is 27.6. The van der Waals surface area contributed by atoms with Crippen LogP contribution in [-0.4, -0.2) is 43.0 Å². The van der Waals surface area contributed by atoms with Crippen molar-refractivity contribution in [1.82, 2.24) is 9.71 Å². The second-order valence-corrected chi connectivity index (χ2v) is 9.03. The molecule has 0 fully saturated rings. The molecule has 0 saturated heterocycles. The third kappa shape index (κ3) is 7.99. The average molecular weight is 526 g/mol. The molecule has 180 valence electrons. The molecule has 3 N–H and O–H groups in total. The molecule has 12 heteroatoms. The van der Waals surface area contributed by atoms with Gasteiger partial charge in [0, 0.05) is 16.9 Å². The summed E-state index contributed by atoms with van der Waals surface area (Å²) in [6.45, 7) is -0.304. The lowest BCUT2D eigenvalue weighted by molar-refractivity contribution is -0.136. The van der Waals surface area contributed by atoms with E-state index in [-0.39, 0.29) is 30.3 Å². The van der Waals surface area contributed by atoms with Crippen molar-refractivity contribution in [2.75, 3.05) is 11.9 Å². The SMILES string of the molecule is Cl.O=C(O)Cc1ccc(NC(=O)C(COc2cccnc2)NS(=O)(=O)c2ccc(Cl)cc2)cc1. The van der Waals surface area contributed by atoms with Crippen LogP contribution in [0.5, 0.6) is 5.75 Å². The van der Waals surface area contributed by atoms with E-state index in [1.165, 1.54) is 42.6 Å². The number of carboxylic acid groups (broad SMARTS) is 1. The topological polar surface area (TPSA) is 135 Å². The summed E-state index contributed by atoms with van der Waals surface area (Å²) in [5.41, 5.74) is 0.923. The van der Waals surface area contributed by atoms with E-state index >= 15 is 0 Å². The summed E-state index contributed by atoms with van der Waals surface area (Å²) >= 11 is 5.83. The summed E-state index contributed by atoms with van der Waals surface area (Å²) in [5.74, 6) is -1.28. The van der Waals surface area contributed by atoms with Crippen LogP contribution in [0.1, 0.15) is 5.56 Å². The molecule has 1 heterocycles. The van der Waals surface area contributed by atoms with Crippen LogP contribution in [0.3, 0.4) is 0 Å². The largest absolute Gasteiger partial charge is 0.490 e. The van der Waals surface area contributed by atoms with E-state index in [1.807, 2.05) is 0 Å². The standard InChI is InChI=1S/C22H20ClN3O6S.ClH/c23-16-5-9-19(10-6-16)33(30,31)26-20(14-32-18-2-1-11-24-13-18)22(29)25-17-7-3-15(4-8-17)12-21(27)28;/h1-11,13,20,26H,12,14H2,(H,25,29)(H,27,28);1H. The molecule has 0 aliphatic rings. The molecule has 0 bridgehead atoms. The van der Waals surface area contributed by atoms with Crippen LogP contribution in [0.25, 0.3) is 0 Å². The van der Waals surface area contributed by atoms with Gasteiger partial charge in [-0.15, -0.1) is 12.4 Å². The van der Waals surface area contributed by atoms with Gasteiger partial charge in [-0.3, -0.25) is 14.6 Å². The Balaban J connectivity index is 0.00000408. The van der Waals surface area contributed by atoms with Gasteiger partial charge in [0.05, 0.1) is 17.5 Å². The molecular weight excluding hydrogens is 505 g/mol. The first-order chi connectivity index (χ1) is 15.7. The van der Waals surface area contributed by atoms with Crippen molar-refractivity contribution in [3.05, 3.63) is 83.6 Å². The molecule has 3 aromatic rings. The number of nitrogens with zero attached hydrogens (tertiary/aromatic N) is 1. The molecule has 0 radical (unpaired) electrons. The molecular formula is C22H21Cl2N3O6S. The Morgan fingerprint density at radius 1 is 1.06 bits per heavy atom. The number of sulfonamides is 1. The number of carboxylic acids is 1. The van der Waals surface area contributed by atoms with Gasteiger partial charge in [0.15, 0.2) is 0 Å². The second kappa shape index (κ2) is 12.3. The van der Waals surface area contributed by atoms with Gasteiger partial charge in [-0.1, -0.05) is 23.7 Å². The van der Waals surface area contributed by atoms with Crippen LogP contribution >= 0.6 is 24.0 Å². The number of aromatic nitrogens is 1. The third-order valence-corrected chi connectivity index (χ3v) is 6.11. The Bertz CT molecular complexity index is 1210. The number of amides is 1. The van der Waals surface area contributed by atoms with Gasteiger partial charge in [-0.25, -0.2) is 8.42 Å². The van der Waals surface area contributed by atoms with Crippen molar-refractivity contribution in [2.45, 2.75) is 17.4 Å². The van der Waals surface area contributed by atoms with Gasteiger partial charge in [0.25, 0.3) is 0 Å². The zero-order valence-electron chi connectivity index (χ0n) is 17.5. The number of rotatable bonds is 10. The monoisotopic (exact) mass is 525 g/mol. The van der Waals surface area contributed by atoms with Crippen LogP contribution in [0.4, 0.5) is 5.69 Å². The number of pyridine rings is 1. The second-order valence-electron chi connectivity index (χ2n) is 6.88. The predicted octanol–water partition coefficient (Wildman–Crippen LogP) is 3.15. The summed E-state index contributed by atoms with van der Waals surface area (Å²) in [7, 11) is -4.07. The van der Waals surface area contributed by atoms with Gasteiger partial charge in [0.1, 0.15) is 18.4 Å². The maximum absolute atomic E-state index is 12.9. The minimum Gasteiger partial charge on any atom is -0.490 e. The highest BCUT2D eigenvalue weighted by molar-refractivity contribution is 7.89. The molecule has 3 rings (SSSR count). The van der Waals surface area contributed by atoms with E-state index in [1.54, 1.807) is 30.5 Å². The molecule has 1 aromatic heterocycles. The van der Waals surface area contributed by atoms with E-state index in [9.17, 15) is 18.0 Å². The highest BCUT2D eigenvalue weighted by atomic mass is 35.5. The van der Waals surface area contributed by atoms with Crippen molar-refractivity contribution in [3.63, 3.8) is 0 Å². The first-order valence-electron chi connectivity index (χ1n) is 9.65. The van der Waals surface area contributed by atoms with Gasteiger partial charge in [-0.05, 0) is 54.1 Å². The lowest BCUT2D eigenvalue weighted by atomic mass is 10.1. The van der Waals surface area contributed by atoms with Gasteiger partial charge in [-0.2, -0.15) is 4.72 Å². The Morgan fingerprint density at radius 2 is 1.74 bits per heavy atom. The predicted molar refractivity (Wildman–Crippen MR) is 129 cm³/mol. The first kappa shape index (κ1) is 27.1. The Morgan fingerprint density at radius 3 is 2.32 bits per heavy atom. The molecule has 2 aromatic carbocycles. The fourth-order valence-corrected chi connectivity index (χ4v) is 4.06. The molecule has 0 saturated carbocycles. The van der Waals surface area contributed by atoms with E-state index < -0.39 is 27.9 Å². The molecule has 1 atom stereocenters. The van der Waals surface area contributed by atoms with Crippen LogP contribution < -0.4 is 14.8 Å². The average Bonchev–Trinajstić information content (AvgIpc) is 2.78. The number of hydrogen-bond donors (Lipinski definition) is 3. The van der Waals surface area contributed by atoms with Crippen molar-refractivity contribution < 1.29 is 27.9 Å². The quantitative estimate of drug-likeness (QED) is 0.370. The minimum atomic E-state index is -4.07. The zero-order chi connectivity index (χ0) is 23.8. The lowest BCUT2D eigenvalue weighted by Gasteiger charge is -2.19. The number of anilines is 1. The number of nitrogens with one attached hydrogen (secondary N) is 2. The fourth-order valence-electron chi connectivity index (χ4n) is 2.75. The Kier molecular flexibility index (Phi) is 9.82. The minimum absolute atomic E-state index is 0. The fraction of sp³-hybridized carbons (Fsp3) is 0.136. The third-order valence-electron chi connectivity index (χ3n) is 4.37. The molecule has 0 aliphatic carbocycles. The Hall–Kier alpha value is -3.18. The van der Waals surface area contributed by atoms with E-state index in [0.29, 0.717) is 22.0 Å². The Labute approximate surface area is 207 Å². The van der Waals surface area contributed by atoms with Crippen molar-refractivity contribution in [3.8, 4) is 5.75 Å². The molecule has 1 amide bonds. The smallest absolute Gasteiger partial charge is 0.307 e. The van der Waals surface area contributed by atoms with Gasteiger partial charge >= 0.3 is 5.97 Å². The highest BCUT2D eigenvalue weighted by Gasteiger charge is 2.27. The summed E-state index contributed by atoms with van der Waals surface area (Å²) in [5, 5.41) is 11.8. The number of carbonyl (C=O) groups is 2. The molecule has 0 aliphatic heterocycles. The zero-order valence-corrected chi connectivity index (χ0v) is 19.9. The van der Waals surface area contributed by atoms with Crippen LogP contribution in [-0.2, 0) is 26.0 Å². The number of halogens is 2. The van der Waals surface area contributed by atoms with E-state index in [0.717, 1.165) is 0 Å². The molecule has 0 spiro atoms. The van der Waals surface area contributed by atoms with Crippen LogP contribution in [0, 0.1) is 0 Å².